The SMILES string of the molecule is CC(c1ccc(S(N)(=O)=O)cc1)N(C)C(=O)COc1ccc(F)cc1F. The van der Waals surface area contributed by atoms with Gasteiger partial charge in [-0.1, -0.05) is 12.1 Å². The number of carbonyl (C=O) groups excluding carboxylic acids is 1. The van der Waals surface area contributed by atoms with E-state index < -0.39 is 40.2 Å². The fourth-order valence-corrected chi connectivity index (χ4v) is 2.72. The van der Waals surface area contributed by atoms with Gasteiger partial charge in [-0.3, -0.25) is 4.79 Å². The fourth-order valence-electron chi connectivity index (χ4n) is 2.21. The molecule has 1 unspecified atom stereocenters. The molecule has 0 heterocycles. The van der Waals surface area contributed by atoms with Crippen molar-refractivity contribution in [3.05, 3.63) is 59.7 Å². The van der Waals surface area contributed by atoms with Crippen molar-refractivity contribution in [3.63, 3.8) is 0 Å². The van der Waals surface area contributed by atoms with Crippen molar-refractivity contribution in [2.45, 2.75) is 17.9 Å². The molecular weight excluding hydrogens is 366 g/mol. The summed E-state index contributed by atoms with van der Waals surface area (Å²) in [6.07, 6.45) is 0. The van der Waals surface area contributed by atoms with E-state index >= 15 is 0 Å². The first-order valence-electron chi connectivity index (χ1n) is 7.56. The van der Waals surface area contributed by atoms with Crippen LogP contribution in [0.5, 0.6) is 5.75 Å². The van der Waals surface area contributed by atoms with Crippen LogP contribution in [0.25, 0.3) is 0 Å². The van der Waals surface area contributed by atoms with E-state index in [1.807, 2.05) is 0 Å². The van der Waals surface area contributed by atoms with Gasteiger partial charge in [0.2, 0.25) is 10.0 Å². The van der Waals surface area contributed by atoms with Crippen molar-refractivity contribution in [1.29, 1.82) is 0 Å². The summed E-state index contributed by atoms with van der Waals surface area (Å²) in [7, 11) is -2.26. The summed E-state index contributed by atoms with van der Waals surface area (Å²) < 4.78 is 54.0. The molecule has 2 N–H and O–H groups in total. The van der Waals surface area contributed by atoms with Crippen LogP contribution in [0, 0.1) is 11.6 Å². The zero-order valence-electron chi connectivity index (χ0n) is 14.1. The minimum Gasteiger partial charge on any atom is -0.481 e. The first kappa shape index (κ1) is 19.8. The first-order chi connectivity index (χ1) is 12.1. The third-order valence-corrected chi connectivity index (χ3v) is 4.84. The van der Waals surface area contributed by atoms with E-state index in [9.17, 15) is 22.0 Å². The Balaban J connectivity index is 2.02. The van der Waals surface area contributed by atoms with Crippen LogP contribution >= 0.6 is 0 Å². The summed E-state index contributed by atoms with van der Waals surface area (Å²) in [6.45, 7) is 1.31. The summed E-state index contributed by atoms with van der Waals surface area (Å²) in [5.74, 6) is -2.29. The molecule has 0 fully saturated rings. The number of rotatable bonds is 6. The molecular formula is C17H18F2N2O4S. The number of carbonyl (C=O) groups is 1. The summed E-state index contributed by atoms with van der Waals surface area (Å²) in [5, 5.41) is 5.04. The van der Waals surface area contributed by atoms with Gasteiger partial charge in [-0.2, -0.15) is 0 Å². The van der Waals surface area contributed by atoms with Crippen LogP contribution in [0.4, 0.5) is 8.78 Å². The molecule has 0 saturated heterocycles. The molecule has 2 aromatic rings. The molecule has 1 atom stereocenters. The van der Waals surface area contributed by atoms with Crippen molar-refractivity contribution in [2.75, 3.05) is 13.7 Å². The number of ether oxygens (including phenoxy) is 1. The van der Waals surface area contributed by atoms with Gasteiger partial charge < -0.3 is 9.64 Å². The second-order valence-corrected chi connectivity index (χ2v) is 7.22. The summed E-state index contributed by atoms with van der Waals surface area (Å²) >= 11 is 0. The molecule has 0 aromatic heterocycles. The molecule has 2 rings (SSSR count). The van der Waals surface area contributed by atoms with Crippen LogP contribution < -0.4 is 9.88 Å². The van der Waals surface area contributed by atoms with Gasteiger partial charge in [0.1, 0.15) is 5.82 Å². The van der Waals surface area contributed by atoms with E-state index in [4.69, 9.17) is 9.88 Å². The molecule has 0 radical (unpaired) electrons. The Kier molecular flexibility index (Phi) is 5.94. The maximum absolute atomic E-state index is 13.5. The highest BCUT2D eigenvalue weighted by Gasteiger charge is 2.19. The molecule has 0 spiro atoms. The number of primary sulfonamides is 1. The summed E-state index contributed by atoms with van der Waals surface area (Å²) in [5.41, 5.74) is 0.682. The highest BCUT2D eigenvalue weighted by Crippen LogP contribution is 2.21. The van der Waals surface area contributed by atoms with Gasteiger partial charge in [0.15, 0.2) is 18.2 Å². The van der Waals surface area contributed by atoms with Gasteiger partial charge in [-0.25, -0.2) is 22.3 Å². The quantitative estimate of drug-likeness (QED) is 0.827. The maximum Gasteiger partial charge on any atom is 0.260 e. The van der Waals surface area contributed by atoms with Crippen LogP contribution in [0.1, 0.15) is 18.5 Å². The molecule has 0 bridgehead atoms. The van der Waals surface area contributed by atoms with E-state index in [2.05, 4.69) is 0 Å². The van der Waals surface area contributed by atoms with E-state index in [-0.39, 0.29) is 10.6 Å². The predicted molar refractivity (Wildman–Crippen MR) is 90.9 cm³/mol. The fraction of sp³-hybridized carbons (Fsp3) is 0.235. The zero-order chi connectivity index (χ0) is 19.5. The number of halogens is 2. The Morgan fingerprint density at radius 1 is 1.19 bits per heavy atom. The lowest BCUT2D eigenvalue weighted by atomic mass is 10.1. The number of amides is 1. The predicted octanol–water partition coefficient (Wildman–Crippen LogP) is 2.21. The lowest BCUT2D eigenvalue weighted by molar-refractivity contribution is -0.134. The molecule has 9 heteroatoms. The molecule has 0 aliphatic rings. The minimum atomic E-state index is -3.79. The monoisotopic (exact) mass is 384 g/mol. The van der Waals surface area contributed by atoms with Crippen molar-refractivity contribution in [3.8, 4) is 5.75 Å². The molecule has 0 aliphatic heterocycles. The highest BCUT2D eigenvalue weighted by molar-refractivity contribution is 7.89. The second kappa shape index (κ2) is 7.79. The lowest BCUT2D eigenvalue weighted by Crippen LogP contribution is -2.33. The molecule has 6 nitrogen and oxygen atoms in total. The van der Waals surface area contributed by atoms with Crippen molar-refractivity contribution in [1.82, 2.24) is 4.90 Å². The standard InChI is InChI=1S/C17H18F2N2O4S/c1-11(12-3-6-14(7-4-12)26(20,23)24)21(2)17(22)10-25-16-8-5-13(18)9-15(16)19/h3-9,11H,10H2,1-2H3,(H2,20,23,24). The van der Waals surface area contributed by atoms with Crippen LogP contribution in [-0.4, -0.2) is 32.9 Å². The maximum atomic E-state index is 13.5. The Morgan fingerprint density at radius 3 is 2.35 bits per heavy atom. The topological polar surface area (TPSA) is 89.7 Å². The first-order valence-corrected chi connectivity index (χ1v) is 9.10. The molecule has 0 aliphatic carbocycles. The number of nitrogens with two attached hydrogens (primary N) is 1. The molecule has 2 aromatic carbocycles. The third kappa shape index (κ3) is 4.77. The smallest absolute Gasteiger partial charge is 0.260 e. The summed E-state index contributed by atoms with van der Waals surface area (Å²) in [6, 6.07) is 8.21. The van der Waals surface area contributed by atoms with Crippen molar-refractivity contribution in [2.24, 2.45) is 5.14 Å². The Hall–Kier alpha value is -2.52. The van der Waals surface area contributed by atoms with Gasteiger partial charge in [0.05, 0.1) is 10.9 Å². The number of nitrogens with zero attached hydrogens (tertiary/aromatic N) is 1. The van der Waals surface area contributed by atoms with E-state index in [1.54, 1.807) is 19.1 Å². The lowest BCUT2D eigenvalue weighted by Gasteiger charge is -2.25. The van der Waals surface area contributed by atoms with Crippen LogP contribution in [0.15, 0.2) is 47.4 Å². The molecule has 0 saturated carbocycles. The number of benzene rings is 2. The Labute approximate surface area is 150 Å². The van der Waals surface area contributed by atoms with Crippen LogP contribution in [0.3, 0.4) is 0 Å². The number of hydrogen-bond donors (Lipinski definition) is 1. The van der Waals surface area contributed by atoms with Gasteiger partial charge >= 0.3 is 0 Å². The zero-order valence-corrected chi connectivity index (χ0v) is 15.0. The molecule has 26 heavy (non-hydrogen) atoms. The largest absolute Gasteiger partial charge is 0.481 e. The van der Waals surface area contributed by atoms with E-state index in [0.717, 1.165) is 12.1 Å². The van der Waals surface area contributed by atoms with Gasteiger partial charge in [0, 0.05) is 13.1 Å². The molecule has 140 valence electrons. The average molecular weight is 384 g/mol. The van der Waals surface area contributed by atoms with Gasteiger partial charge in [-0.15, -0.1) is 0 Å². The molecule has 1 amide bonds. The van der Waals surface area contributed by atoms with Gasteiger partial charge in [-0.05, 0) is 36.8 Å². The van der Waals surface area contributed by atoms with Crippen LogP contribution in [0.2, 0.25) is 0 Å². The number of hydrogen-bond acceptors (Lipinski definition) is 4. The highest BCUT2D eigenvalue weighted by atomic mass is 32.2. The number of likely N-dealkylation sites (N-methyl/N-ethyl adjacent to an activating group) is 1. The Morgan fingerprint density at radius 2 is 1.81 bits per heavy atom. The average Bonchev–Trinajstić information content (AvgIpc) is 2.58. The normalized spacial score (nSPS) is 12.5. The van der Waals surface area contributed by atoms with Crippen molar-refractivity contribution >= 4 is 15.9 Å². The van der Waals surface area contributed by atoms with E-state index in [0.29, 0.717) is 11.6 Å². The third-order valence-electron chi connectivity index (χ3n) is 3.91. The second-order valence-electron chi connectivity index (χ2n) is 5.66. The van der Waals surface area contributed by atoms with Crippen LogP contribution in [-0.2, 0) is 14.8 Å². The number of sulfonamides is 1. The van der Waals surface area contributed by atoms with Crippen molar-refractivity contribution < 1.29 is 26.7 Å². The Bertz CT molecular complexity index is 901. The van der Waals surface area contributed by atoms with E-state index in [1.165, 1.54) is 24.1 Å². The van der Waals surface area contributed by atoms with Gasteiger partial charge in [0.25, 0.3) is 5.91 Å². The minimum absolute atomic E-state index is 0.0300. The summed E-state index contributed by atoms with van der Waals surface area (Å²) in [4.78, 5) is 13.6.